The molecule has 0 atom stereocenters. The standard InChI is InChI=1S/C8H4ClF2IN2S/c1-8(10,11)5-4(12)3-6(9)13-2-14-7(3)15-5/h2H,1H3. The van der Waals surface area contributed by atoms with E-state index in [-0.39, 0.29) is 10.0 Å². The van der Waals surface area contributed by atoms with Crippen LogP contribution in [0.3, 0.4) is 0 Å². The summed E-state index contributed by atoms with van der Waals surface area (Å²) < 4.78 is 26.8. The summed E-state index contributed by atoms with van der Waals surface area (Å²) in [4.78, 5) is 8.18. The number of halogens is 4. The van der Waals surface area contributed by atoms with Crippen LogP contribution in [0.2, 0.25) is 5.15 Å². The summed E-state index contributed by atoms with van der Waals surface area (Å²) in [6, 6.07) is 0. The van der Waals surface area contributed by atoms with Gasteiger partial charge in [-0.15, -0.1) is 11.3 Å². The highest BCUT2D eigenvalue weighted by atomic mass is 127. The molecule has 0 amide bonds. The van der Waals surface area contributed by atoms with Gasteiger partial charge in [-0.3, -0.25) is 0 Å². The van der Waals surface area contributed by atoms with Crippen LogP contribution in [0.15, 0.2) is 6.33 Å². The van der Waals surface area contributed by atoms with Crippen molar-refractivity contribution in [2.45, 2.75) is 12.8 Å². The number of nitrogens with zero attached hydrogens (tertiary/aromatic N) is 2. The smallest absolute Gasteiger partial charge is 0.225 e. The van der Waals surface area contributed by atoms with Gasteiger partial charge in [-0.25, -0.2) is 18.7 Å². The highest BCUT2D eigenvalue weighted by molar-refractivity contribution is 14.1. The predicted octanol–water partition coefficient (Wildman–Crippen LogP) is 4.06. The molecule has 2 aromatic rings. The van der Waals surface area contributed by atoms with Gasteiger partial charge in [-0.05, 0) is 22.6 Å². The van der Waals surface area contributed by atoms with Gasteiger partial charge in [0.2, 0.25) is 0 Å². The van der Waals surface area contributed by atoms with Gasteiger partial charge >= 0.3 is 0 Å². The lowest BCUT2D eigenvalue weighted by Gasteiger charge is -2.07. The topological polar surface area (TPSA) is 25.8 Å². The first-order chi connectivity index (χ1) is 6.91. The molecule has 0 aliphatic carbocycles. The molecule has 0 aliphatic rings. The van der Waals surface area contributed by atoms with E-state index in [0.29, 0.717) is 13.8 Å². The van der Waals surface area contributed by atoms with E-state index in [1.807, 2.05) is 22.6 Å². The van der Waals surface area contributed by atoms with Gasteiger partial charge < -0.3 is 0 Å². The van der Waals surface area contributed by atoms with Crippen molar-refractivity contribution in [3.05, 3.63) is 19.9 Å². The number of thiophene rings is 1. The highest BCUT2D eigenvalue weighted by Gasteiger charge is 2.31. The van der Waals surface area contributed by atoms with Crippen molar-refractivity contribution < 1.29 is 8.78 Å². The Bertz CT molecular complexity index is 523. The van der Waals surface area contributed by atoms with Crippen molar-refractivity contribution in [1.29, 1.82) is 0 Å². The van der Waals surface area contributed by atoms with Gasteiger partial charge in [0.1, 0.15) is 16.3 Å². The molecule has 0 fully saturated rings. The van der Waals surface area contributed by atoms with Gasteiger partial charge in [0.25, 0.3) is 5.92 Å². The summed E-state index contributed by atoms with van der Waals surface area (Å²) in [5.74, 6) is -2.87. The summed E-state index contributed by atoms with van der Waals surface area (Å²) in [5, 5.41) is 0.734. The SMILES string of the molecule is CC(F)(F)c1sc2ncnc(Cl)c2c1I. The van der Waals surface area contributed by atoms with Crippen molar-refractivity contribution in [2.24, 2.45) is 0 Å². The molecule has 80 valence electrons. The van der Waals surface area contributed by atoms with Crippen molar-refractivity contribution >= 4 is 55.7 Å². The van der Waals surface area contributed by atoms with Gasteiger partial charge in [-0.1, -0.05) is 11.6 Å². The largest absolute Gasteiger partial charge is 0.280 e. The zero-order chi connectivity index (χ0) is 11.2. The Kier molecular flexibility index (Phi) is 2.85. The van der Waals surface area contributed by atoms with Gasteiger partial charge in [0.15, 0.2) is 0 Å². The second kappa shape index (κ2) is 3.74. The molecule has 7 heteroatoms. The normalized spacial score (nSPS) is 12.3. The van der Waals surface area contributed by atoms with Crippen LogP contribution in [0.5, 0.6) is 0 Å². The Labute approximate surface area is 107 Å². The number of aromatic nitrogens is 2. The second-order valence-electron chi connectivity index (χ2n) is 2.98. The van der Waals surface area contributed by atoms with Crippen molar-refractivity contribution in [3.8, 4) is 0 Å². The van der Waals surface area contributed by atoms with Crippen LogP contribution in [-0.4, -0.2) is 9.97 Å². The molecule has 0 aliphatic heterocycles. The molecule has 0 bridgehead atoms. The van der Waals surface area contributed by atoms with E-state index in [1.54, 1.807) is 0 Å². The molecule has 2 aromatic heterocycles. The first kappa shape index (κ1) is 11.4. The molecule has 0 unspecified atom stereocenters. The van der Waals surface area contributed by atoms with Crippen LogP contribution in [0.1, 0.15) is 11.8 Å². The molecule has 0 radical (unpaired) electrons. The zero-order valence-corrected chi connectivity index (χ0v) is 11.1. The predicted molar refractivity (Wildman–Crippen MR) is 64.7 cm³/mol. The third-order valence-corrected chi connectivity index (χ3v) is 4.78. The Morgan fingerprint density at radius 2 is 2.13 bits per heavy atom. The van der Waals surface area contributed by atoms with Crippen LogP contribution in [0.25, 0.3) is 10.2 Å². The van der Waals surface area contributed by atoms with E-state index in [0.717, 1.165) is 18.3 Å². The van der Waals surface area contributed by atoms with Crippen LogP contribution >= 0.6 is 45.5 Å². The van der Waals surface area contributed by atoms with Crippen LogP contribution in [0.4, 0.5) is 8.78 Å². The monoisotopic (exact) mass is 360 g/mol. The van der Waals surface area contributed by atoms with Crippen LogP contribution < -0.4 is 0 Å². The first-order valence-electron chi connectivity index (χ1n) is 3.88. The summed E-state index contributed by atoms with van der Waals surface area (Å²) in [7, 11) is 0. The van der Waals surface area contributed by atoms with Crippen molar-refractivity contribution in [2.75, 3.05) is 0 Å². The molecule has 0 saturated carbocycles. The number of hydrogen-bond donors (Lipinski definition) is 0. The molecular weight excluding hydrogens is 357 g/mol. The fourth-order valence-electron chi connectivity index (χ4n) is 1.15. The second-order valence-corrected chi connectivity index (χ2v) is 5.41. The fraction of sp³-hybridized carbons (Fsp3) is 0.250. The molecule has 0 spiro atoms. The Hall–Kier alpha value is -0.0800. The number of fused-ring (bicyclic) bond motifs is 1. The summed E-state index contributed by atoms with van der Waals surface area (Å²) in [5.41, 5.74) is 0. The van der Waals surface area contributed by atoms with Crippen LogP contribution in [-0.2, 0) is 5.92 Å². The molecular formula is C8H4ClF2IN2S. The Morgan fingerprint density at radius 3 is 2.67 bits per heavy atom. The Morgan fingerprint density at radius 1 is 1.47 bits per heavy atom. The minimum Gasteiger partial charge on any atom is -0.225 e. The van der Waals surface area contributed by atoms with E-state index in [4.69, 9.17) is 11.6 Å². The minimum atomic E-state index is -2.87. The maximum Gasteiger partial charge on any atom is 0.280 e. The third-order valence-electron chi connectivity index (χ3n) is 1.78. The van der Waals surface area contributed by atoms with E-state index in [9.17, 15) is 8.78 Å². The molecule has 0 saturated heterocycles. The lowest BCUT2D eigenvalue weighted by Crippen LogP contribution is -2.05. The molecule has 0 N–H and O–H groups in total. The summed E-state index contributed by atoms with van der Waals surface area (Å²) in [6.45, 7) is 0.862. The first-order valence-corrected chi connectivity index (χ1v) is 6.15. The highest BCUT2D eigenvalue weighted by Crippen LogP contribution is 2.42. The van der Waals surface area contributed by atoms with Gasteiger partial charge in [-0.2, -0.15) is 0 Å². The van der Waals surface area contributed by atoms with E-state index >= 15 is 0 Å². The lowest BCUT2D eigenvalue weighted by atomic mass is 10.3. The molecule has 2 nitrogen and oxygen atoms in total. The van der Waals surface area contributed by atoms with Gasteiger partial charge in [0.05, 0.1) is 10.3 Å². The number of hydrogen-bond acceptors (Lipinski definition) is 3. The minimum absolute atomic E-state index is 0.0134. The fourth-order valence-corrected chi connectivity index (χ4v) is 4.05. The molecule has 15 heavy (non-hydrogen) atoms. The van der Waals surface area contributed by atoms with Crippen molar-refractivity contribution in [3.63, 3.8) is 0 Å². The molecule has 2 heterocycles. The average Bonchev–Trinajstić information content (AvgIpc) is 2.44. The number of alkyl halides is 2. The van der Waals surface area contributed by atoms with Crippen LogP contribution in [0, 0.1) is 3.57 Å². The van der Waals surface area contributed by atoms with E-state index < -0.39 is 5.92 Å². The molecule has 0 aromatic carbocycles. The third kappa shape index (κ3) is 1.94. The quantitative estimate of drug-likeness (QED) is 0.566. The maximum atomic E-state index is 13.2. The Balaban J connectivity index is 2.82. The molecule has 2 rings (SSSR count). The zero-order valence-electron chi connectivity index (χ0n) is 7.39. The summed E-state index contributed by atoms with van der Waals surface area (Å²) >= 11 is 8.63. The number of rotatable bonds is 1. The van der Waals surface area contributed by atoms with E-state index in [2.05, 4.69) is 9.97 Å². The average molecular weight is 361 g/mol. The van der Waals surface area contributed by atoms with Crippen molar-refractivity contribution in [1.82, 2.24) is 9.97 Å². The van der Waals surface area contributed by atoms with E-state index in [1.165, 1.54) is 6.33 Å². The maximum absolute atomic E-state index is 13.2. The van der Waals surface area contributed by atoms with Gasteiger partial charge in [0, 0.05) is 10.5 Å². The lowest BCUT2D eigenvalue weighted by molar-refractivity contribution is 0.0208. The summed E-state index contributed by atoms with van der Waals surface area (Å²) in [6.07, 6.45) is 1.27.